The van der Waals surface area contributed by atoms with Gasteiger partial charge in [0.15, 0.2) is 0 Å². The van der Waals surface area contributed by atoms with E-state index in [4.69, 9.17) is 9.47 Å². The monoisotopic (exact) mass is 812 g/mol. The largest absolute Gasteiger partial charge is 0.492 e. The quantitative estimate of drug-likeness (QED) is 0.0856. The highest BCUT2D eigenvalue weighted by Gasteiger charge is 2.46. The molecule has 13 nitrogen and oxygen atoms in total. The maximum atomic E-state index is 15.5. The number of likely N-dealkylation sites (N-methyl/N-ethyl adjacent to an activating group) is 2. The minimum absolute atomic E-state index is 0.192. The second-order valence-electron chi connectivity index (χ2n) is 16.0. The summed E-state index contributed by atoms with van der Waals surface area (Å²) in [6.07, 6.45) is 1.44. The van der Waals surface area contributed by atoms with Gasteiger partial charge in [-0.2, -0.15) is 10.2 Å². The Kier molecular flexibility index (Phi) is 13.9. The lowest BCUT2D eigenvalue weighted by molar-refractivity contribution is -0.0408. The van der Waals surface area contributed by atoms with E-state index in [9.17, 15) is 10.2 Å². The van der Waals surface area contributed by atoms with Crippen LogP contribution in [0.1, 0.15) is 22.3 Å². The number of aliphatic hydroxyl groups excluding tert-OH is 2. The smallest absolute Gasteiger partial charge is 0.321 e. The van der Waals surface area contributed by atoms with Crippen LogP contribution in [0.15, 0.2) is 122 Å². The average molecular weight is 813 g/mol. The van der Waals surface area contributed by atoms with Gasteiger partial charge in [0.05, 0.1) is 23.5 Å². The third kappa shape index (κ3) is 10.8. The maximum absolute atomic E-state index is 15.5. The van der Waals surface area contributed by atoms with Crippen molar-refractivity contribution in [2.75, 3.05) is 54.5 Å². The second kappa shape index (κ2) is 19.8. The molecule has 0 unspecified atom stereocenters. The molecule has 0 bridgehead atoms. The fourth-order valence-corrected chi connectivity index (χ4v) is 7.62. The fourth-order valence-electron chi connectivity index (χ4n) is 7.62. The molecule has 1 aliphatic heterocycles. The first-order chi connectivity index (χ1) is 29.1. The zero-order valence-electron chi connectivity index (χ0n) is 34.8. The van der Waals surface area contributed by atoms with Gasteiger partial charge in [0.25, 0.3) is 0 Å². The Morgan fingerprint density at radius 1 is 0.583 bits per heavy atom. The molecule has 0 spiro atoms. The van der Waals surface area contributed by atoms with Crippen LogP contribution in [0.25, 0.3) is 22.5 Å². The number of hydrogen-bond acceptors (Lipinski definition) is 9. The van der Waals surface area contributed by atoms with Crippen molar-refractivity contribution in [3.63, 3.8) is 0 Å². The molecule has 6 aromatic rings. The third-order valence-corrected chi connectivity index (χ3v) is 11.0. The molecule has 2 amide bonds. The van der Waals surface area contributed by atoms with Gasteiger partial charge in [-0.15, -0.1) is 0 Å². The van der Waals surface area contributed by atoms with Crippen LogP contribution in [-0.4, -0.2) is 135 Å². The van der Waals surface area contributed by atoms with Crippen molar-refractivity contribution in [1.82, 2.24) is 40.0 Å². The zero-order chi connectivity index (χ0) is 42.0. The number of H-pyrrole nitrogens is 2. The standard InChI is InChI=1S/C47H56N8O5/c1-52(2)23-25-59-39-15-11-33(12-16-39)29-43-45(56)46(57)44(30-34-13-17-40(18-14-34)60-26-24-53(3)4)55(32-36-8-6-10-38(28-36)42-20-22-49-51-42)47(58)54(43)31-35-7-5-9-37(27-35)41-19-21-48-50-41/h5-22,27-28,43-46,56-57H,23-26,29-32H2,1-4H3,(H,48,50)(H,49,51)/t43-,44-,45+,46+/m1/s1. The molecule has 1 saturated heterocycles. The topological polar surface area (TPSA) is 146 Å². The predicted octanol–water partition coefficient (Wildman–Crippen LogP) is 5.73. The van der Waals surface area contributed by atoms with E-state index in [1.807, 2.05) is 137 Å². The molecular formula is C47H56N8O5. The maximum Gasteiger partial charge on any atom is 0.321 e. The number of carbonyl (C=O) groups is 1. The molecule has 60 heavy (non-hydrogen) atoms. The minimum Gasteiger partial charge on any atom is -0.492 e. The second-order valence-corrected chi connectivity index (χ2v) is 16.0. The van der Waals surface area contributed by atoms with Crippen molar-refractivity contribution in [2.45, 2.75) is 50.2 Å². The first-order valence-corrected chi connectivity index (χ1v) is 20.4. The van der Waals surface area contributed by atoms with E-state index in [2.05, 4.69) is 30.2 Å². The Hall–Kier alpha value is -5.99. The van der Waals surface area contributed by atoms with Crippen LogP contribution in [0.4, 0.5) is 4.79 Å². The van der Waals surface area contributed by atoms with Crippen molar-refractivity contribution < 1.29 is 24.5 Å². The molecule has 2 aromatic heterocycles. The van der Waals surface area contributed by atoms with Gasteiger partial charge < -0.3 is 39.3 Å². The number of amides is 2. The predicted molar refractivity (Wildman–Crippen MR) is 233 cm³/mol. The normalized spacial score (nSPS) is 18.3. The Morgan fingerprint density at radius 3 is 1.37 bits per heavy atom. The minimum atomic E-state index is -1.29. The van der Waals surface area contributed by atoms with Gasteiger partial charge in [-0.05, 0) is 123 Å². The van der Waals surface area contributed by atoms with E-state index < -0.39 is 24.3 Å². The molecule has 4 aromatic carbocycles. The van der Waals surface area contributed by atoms with Crippen molar-refractivity contribution in [3.05, 3.63) is 144 Å². The molecule has 13 heteroatoms. The molecule has 3 heterocycles. The van der Waals surface area contributed by atoms with E-state index in [1.54, 1.807) is 22.2 Å². The highest BCUT2D eigenvalue weighted by Crippen LogP contribution is 2.32. The number of aliphatic hydroxyl groups is 2. The Bertz CT molecular complexity index is 2070. The number of rotatable bonds is 18. The fraction of sp³-hybridized carbons (Fsp3) is 0.340. The first-order valence-electron chi connectivity index (χ1n) is 20.4. The summed E-state index contributed by atoms with van der Waals surface area (Å²) in [5.41, 5.74) is 7.10. The molecule has 4 atom stereocenters. The number of aromatic nitrogens is 4. The summed E-state index contributed by atoms with van der Waals surface area (Å²) in [6.45, 7) is 3.05. The Morgan fingerprint density at radius 2 is 1.00 bits per heavy atom. The number of carbonyl (C=O) groups excluding carboxylic acids is 1. The first kappa shape index (κ1) is 42.1. The van der Waals surface area contributed by atoms with Crippen LogP contribution in [-0.2, 0) is 25.9 Å². The molecule has 7 rings (SSSR count). The number of nitrogens with zero attached hydrogens (tertiary/aromatic N) is 6. The Balaban J connectivity index is 1.25. The van der Waals surface area contributed by atoms with E-state index in [0.717, 1.165) is 69.4 Å². The van der Waals surface area contributed by atoms with Crippen LogP contribution in [0.5, 0.6) is 11.5 Å². The number of benzene rings is 4. The lowest BCUT2D eigenvalue weighted by Crippen LogP contribution is -2.50. The molecular weight excluding hydrogens is 757 g/mol. The molecule has 0 aliphatic carbocycles. The summed E-state index contributed by atoms with van der Waals surface area (Å²) in [6, 6.07) is 33.4. The van der Waals surface area contributed by atoms with Crippen LogP contribution in [0.3, 0.4) is 0 Å². The van der Waals surface area contributed by atoms with Gasteiger partial charge in [-0.1, -0.05) is 60.7 Å². The molecule has 1 aliphatic rings. The van der Waals surface area contributed by atoms with E-state index in [-0.39, 0.29) is 19.1 Å². The number of urea groups is 1. The van der Waals surface area contributed by atoms with Crippen molar-refractivity contribution in [1.29, 1.82) is 0 Å². The van der Waals surface area contributed by atoms with E-state index >= 15 is 4.79 Å². The van der Waals surface area contributed by atoms with E-state index in [0.29, 0.717) is 26.1 Å². The van der Waals surface area contributed by atoms with Gasteiger partial charge in [-0.25, -0.2) is 4.79 Å². The van der Waals surface area contributed by atoms with Crippen molar-refractivity contribution >= 4 is 6.03 Å². The number of nitrogens with one attached hydrogen (secondary N) is 2. The number of hydrogen-bond donors (Lipinski definition) is 4. The summed E-state index contributed by atoms with van der Waals surface area (Å²) < 4.78 is 11.9. The molecule has 0 radical (unpaired) electrons. The van der Waals surface area contributed by atoms with Crippen LogP contribution >= 0.6 is 0 Å². The molecule has 314 valence electrons. The van der Waals surface area contributed by atoms with Crippen LogP contribution in [0, 0.1) is 0 Å². The van der Waals surface area contributed by atoms with E-state index in [1.165, 1.54) is 0 Å². The Labute approximate surface area is 352 Å². The highest BCUT2D eigenvalue weighted by atomic mass is 16.5. The van der Waals surface area contributed by atoms with Gasteiger partial charge in [-0.3, -0.25) is 10.2 Å². The van der Waals surface area contributed by atoms with Crippen LogP contribution < -0.4 is 9.47 Å². The number of aromatic amines is 2. The van der Waals surface area contributed by atoms with Gasteiger partial charge >= 0.3 is 6.03 Å². The lowest BCUT2D eigenvalue weighted by Gasteiger charge is -2.36. The van der Waals surface area contributed by atoms with Gasteiger partial charge in [0.1, 0.15) is 36.9 Å². The SMILES string of the molecule is CN(C)CCOc1ccc(C[C@@H]2[C@H](O)[C@@H](O)[C@@H](Cc3ccc(OCCN(C)C)cc3)N(Cc3cccc(-c4ccn[nH]4)c3)C(=O)N2Cc2cccc(-c3ccn[nH]3)c2)cc1. The summed E-state index contributed by atoms with van der Waals surface area (Å²) in [5.74, 6) is 1.48. The third-order valence-electron chi connectivity index (χ3n) is 11.0. The number of ether oxygens (including phenoxy) is 2. The summed E-state index contributed by atoms with van der Waals surface area (Å²) in [5, 5.41) is 39.2. The van der Waals surface area contributed by atoms with Crippen molar-refractivity contribution in [3.8, 4) is 34.0 Å². The molecule has 0 saturated carbocycles. The summed E-state index contributed by atoms with van der Waals surface area (Å²) in [4.78, 5) is 23.1. The zero-order valence-corrected chi connectivity index (χ0v) is 34.8. The summed E-state index contributed by atoms with van der Waals surface area (Å²) in [7, 11) is 8.01. The van der Waals surface area contributed by atoms with Gasteiger partial charge in [0, 0.05) is 38.6 Å². The van der Waals surface area contributed by atoms with Gasteiger partial charge in [0.2, 0.25) is 0 Å². The lowest BCUT2D eigenvalue weighted by atomic mass is 9.90. The average Bonchev–Trinajstić information content (AvgIpc) is 3.99. The molecule has 4 N–H and O–H groups in total. The highest BCUT2D eigenvalue weighted by molar-refractivity contribution is 5.76. The molecule has 1 fully saturated rings. The van der Waals surface area contributed by atoms with Crippen molar-refractivity contribution in [2.24, 2.45) is 0 Å². The van der Waals surface area contributed by atoms with Crippen LogP contribution in [0.2, 0.25) is 0 Å². The summed E-state index contributed by atoms with van der Waals surface area (Å²) >= 11 is 0.